The highest BCUT2D eigenvalue weighted by molar-refractivity contribution is 8.00. The van der Waals surface area contributed by atoms with Crippen molar-refractivity contribution in [3.8, 4) is 0 Å². The van der Waals surface area contributed by atoms with Crippen molar-refractivity contribution in [2.24, 2.45) is 0 Å². The van der Waals surface area contributed by atoms with Gasteiger partial charge in [-0.15, -0.1) is 11.8 Å². The molecule has 1 aliphatic heterocycles. The Morgan fingerprint density at radius 2 is 2.29 bits per heavy atom. The van der Waals surface area contributed by atoms with Gasteiger partial charge in [0.1, 0.15) is 0 Å². The molecule has 1 rings (SSSR count). The third-order valence-electron chi connectivity index (χ3n) is 1.12. The molecule has 0 spiro atoms. The zero-order valence-corrected chi connectivity index (χ0v) is 5.59. The fourth-order valence-corrected chi connectivity index (χ4v) is 1.79. The van der Waals surface area contributed by atoms with Crippen LogP contribution in [0.4, 0.5) is 0 Å². The van der Waals surface area contributed by atoms with Crippen molar-refractivity contribution >= 4 is 11.8 Å². The number of thioether (sulfide) groups is 1. The SMILES string of the molecule is CC1N[C@@H](C)CS1. The molecule has 1 aliphatic rings. The first-order valence-corrected chi connectivity index (χ1v) is 3.71. The lowest BCUT2D eigenvalue weighted by atomic mass is 10.4. The number of hydrogen-bond acceptors (Lipinski definition) is 2. The van der Waals surface area contributed by atoms with E-state index in [0.717, 1.165) is 6.04 Å². The lowest BCUT2D eigenvalue weighted by molar-refractivity contribution is 0.626. The molecular formula is C5H11NS. The Bertz CT molecular complexity index is 57.1. The van der Waals surface area contributed by atoms with Gasteiger partial charge in [-0.1, -0.05) is 0 Å². The fraction of sp³-hybridized carbons (Fsp3) is 1.00. The third kappa shape index (κ3) is 1.35. The van der Waals surface area contributed by atoms with Gasteiger partial charge in [-0.2, -0.15) is 0 Å². The van der Waals surface area contributed by atoms with Gasteiger partial charge >= 0.3 is 0 Å². The van der Waals surface area contributed by atoms with Gasteiger partial charge in [0.2, 0.25) is 0 Å². The molecule has 1 N–H and O–H groups in total. The average Bonchev–Trinajstić information content (AvgIpc) is 1.87. The van der Waals surface area contributed by atoms with Crippen molar-refractivity contribution < 1.29 is 0 Å². The number of hydrogen-bond donors (Lipinski definition) is 1. The molecule has 0 saturated carbocycles. The molecule has 1 nitrogen and oxygen atoms in total. The molecule has 1 unspecified atom stereocenters. The van der Waals surface area contributed by atoms with Gasteiger partial charge in [0, 0.05) is 11.8 Å². The standard InChI is InChI=1S/C5H11NS/c1-4-3-7-5(2)6-4/h4-6H,3H2,1-2H3/t4-,5?/m0/s1. The largest absolute Gasteiger partial charge is 0.302 e. The summed E-state index contributed by atoms with van der Waals surface area (Å²) in [4.78, 5) is 0. The van der Waals surface area contributed by atoms with Crippen LogP contribution in [0.25, 0.3) is 0 Å². The molecule has 0 aliphatic carbocycles. The first kappa shape index (κ1) is 5.45. The minimum absolute atomic E-state index is 0.690. The van der Waals surface area contributed by atoms with Crippen LogP contribution in [0, 0.1) is 0 Å². The van der Waals surface area contributed by atoms with Crippen molar-refractivity contribution in [1.82, 2.24) is 5.32 Å². The maximum Gasteiger partial charge on any atom is 0.0506 e. The first-order valence-electron chi connectivity index (χ1n) is 2.66. The van der Waals surface area contributed by atoms with E-state index in [1.54, 1.807) is 0 Å². The summed E-state index contributed by atoms with van der Waals surface area (Å²) in [5, 5.41) is 4.07. The van der Waals surface area contributed by atoms with Gasteiger partial charge in [-0.3, -0.25) is 0 Å². The Balaban J connectivity index is 2.26. The highest BCUT2D eigenvalue weighted by Crippen LogP contribution is 2.16. The maximum atomic E-state index is 3.38. The minimum Gasteiger partial charge on any atom is -0.302 e. The van der Waals surface area contributed by atoms with E-state index in [9.17, 15) is 0 Å². The maximum absolute atomic E-state index is 3.38. The molecule has 0 aromatic rings. The minimum atomic E-state index is 0.690. The molecule has 42 valence electrons. The second-order valence-corrected chi connectivity index (χ2v) is 3.42. The third-order valence-corrected chi connectivity index (χ3v) is 2.44. The summed E-state index contributed by atoms with van der Waals surface area (Å²) >= 11 is 1.99. The van der Waals surface area contributed by atoms with Crippen molar-refractivity contribution in [3.63, 3.8) is 0 Å². The van der Waals surface area contributed by atoms with Crippen LogP contribution in [0.1, 0.15) is 13.8 Å². The molecule has 2 atom stereocenters. The summed E-state index contributed by atoms with van der Waals surface area (Å²) in [5.74, 6) is 1.28. The normalized spacial score (nSPS) is 42.0. The van der Waals surface area contributed by atoms with Gasteiger partial charge in [0.05, 0.1) is 5.37 Å². The van der Waals surface area contributed by atoms with E-state index >= 15 is 0 Å². The monoisotopic (exact) mass is 117 g/mol. The molecule has 7 heavy (non-hydrogen) atoms. The van der Waals surface area contributed by atoms with Crippen molar-refractivity contribution in [2.45, 2.75) is 25.3 Å². The summed E-state index contributed by atoms with van der Waals surface area (Å²) in [6.45, 7) is 4.42. The number of rotatable bonds is 0. The Hall–Kier alpha value is 0.310. The van der Waals surface area contributed by atoms with Crippen LogP contribution >= 0.6 is 11.8 Å². The molecule has 0 amide bonds. The molecule has 1 saturated heterocycles. The molecule has 0 bridgehead atoms. The lowest BCUT2D eigenvalue weighted by Gasteiger charge is -2.00. The van der Waals surface area contributed by atoms with E-state index < -0.39 is 0 Å². The highest BCUT2D eigenvalue weighted by atomic mass is 32.2. The van der Waals surface area contributed by atoms with Gasteiger partial charge in [-0.05, 0) is 13.8 Å². The molecule has 0 radical (unpaired) electrons. The van der Waals surface area contributed by atoms with Crippen molar-refractivity contribution in [2.75, 3.05) is 5.75 Å². The zero-order valence-electron chi connectivity index (χ0n) is 4.77. The van der Waals surface area contributed by atoms with Crippen LogP contribution in [0.15, 0.2) is 0 Å². The lowest BCUT2D eigenvalue weighted by Crippen LogP contribution is -2.24. The quantitative estimate of drug-likeness (QED) is 0.509. The summed E-state index contributed by atoms with van der Waals surface area (Å²) in [6, 6.07) is 0.736. The van der Waals surface area contributed by atoms with Crippen molar-refractivity contribution in [3.05, 3.63) is 0 Å². The Kier molecular flexibility index (Phi) is 1.60. The van der Waals surface area contributed by atoms with Gasteiger partial charge < -0.3 is 5.32 Å². The average molecular weight is 117 g/mol. The predicted molar refractivity (Wildman–Crippen MR) is 34.5 cm³/mol. The van der Waals surface area contributed by atoms with Crippen LogP contribution in [-0.2, 0) is 0 Å². The first-order chi connectivity index (χ1) is 3.29. The Morgan fingerprint density at radius 3 is 2.43 bits per heavy atom. The van der Waals surface area contributed by atoms with Crippen LogP contribution in [0.5, 0.6) is 0 Å². The van der Waals surface area contributed by atoms with E-state index in [-0.39, 0.29) is 0 Å². The molecule has 2 heteroatoms. The van der Waals surface area contributed by atoms with Gasteiger partial charge in [-0.25, -0.2) is 0 Å². The smallest absolute Gasteiger partial charge is 0.0506 e. The Morgan fingerprint density at radius 1 is 1.57 bits per heavy atom. The van der Waals surface area contributed by atoms with Crippen LogP contribution in [0.2, 0.25) is 0 Å². The molecule has 0 aromatic carbocycles. The summed E-state index contributed by atoms with van der Waals surface area (Å²) in [7, 11) is 0. The van der Waals surface area contributed by atoms with E-state index in [1.165, 1.54) is 5.75 Å². The second-order valence-electron chi connectivity index (χ2n) is 2.04. The van der Waals surface area contributed by atoms with E-state index in [1.807, 2.05) is 11.8 Å². The predicted octanol–water partition coefficient (Wildman–Crippen LogP) is 1.06. The molecule has 1 heterocycles. The van der Waals surface area contributed by atoms with Crippen LogP contribution < -0.4 is 5.32 Å². The van der Waals surface area contributed by atoms with Crippen LogP contribution in [-0.4, -0.2) is 17.2 Å². The molecule has 1 fully saturated rings. The summed E-state index contributed by atoms with van der Waals surface area (Å²) in [5.41, 5.74) is 0. The molecule has 0 aromatic heterocycles. The fourth-order valence-electron chi connectivity index (χ4n) is 0.786. The summed E-state index contributed by atoms with van der Waals surface area (Å²) in [6.07, 6.45) is 0. The topological polar surface area (TPSA) is 12.0 Å². The van der Waals surface area contributed by atoms with E-state index in [2.05, 4.69) is 19.2 Å². The Labute approximate surface area is 48.9 Å². The van der Waals surface area contributed by atoms with Crippen molar-refractivity contribution in [1.29, 1.82) is 0 Å². The van der Waals surface area contributed by atoms with Gasteiger partial charge in [0.15, 0.2) is 0 Å². The zero-order chi connectivity index (χ0) is 5.28. The highest BCUT2D eigenvalue weighted by Gasteiger charge is 2.14. The van der Waals surface area contributed by atoms with E-state index in [4.69, 9.17) is 0 Å². The molecular weight excluding hydrogens is 106 g/mol. The van der Waals surface area contributed by atoms with Crippen LogP contribution in [0.3, 0.4) is 0 Å². The van der Waals surface area contributed by atoms with Gasteiger partial charge in [0.25, 0.3) is 0 Å². The second kappa shape index (κ2) is 2.05. The summed E-state index contributed by atoms with van der Waals surface area (Å²) < 4.78 is 0. The number of nitrogens with one attached hydrogen (secondary N) is 1. The van der Waals surface area contributed by atoms with E-state index in [0.29, 0.717) is 5.37 Å².